The number of nitrogens with two attached hydrogens (primary N) is 1. The third kappa shape index (κ3) is 2.81. The van der Waals surface area contributed by atoms with Crippen molar-refractivity contribution >= 4 is 50.4 Å². The van der Waals surface area contributed by atoms with E-state index in [0.29, 0.717) is 43.4 Å². The molecule has 0 saturated carbocycles. The minimum atomic E-state index is -0.160. The fourth-order valence-electron chi connectivity index (χ4n) is 3.40. The van der Waals surface area contributed by atoms with Crippen molar-refractivity contribution in [3.8, 4) is 0 Å². The van der Waals surface area contributed by atoms with Crippen molar-refractivity contribution in [2.45, 2.75) is 26.7 Å². The lowest BCUT2D eigenvalue weighted by molar-refractivity contribution is 0.0910. The fourth-order valence-corrected chi connectivity index (χ4v) is 4.58. The first kappa shape index (κ1) is 17.2. The Labute approximate surface area is 160 Å². The van der Waals surface area contributed by atoms with Crippen LogP contribution in [0.2, 0.25) is 5.02 Å². The smallest absolute Gasteiger partial charge is 0.205 e. The van der Waals surface area contributed by atoms with Crippen molar-refractivity contribution < 1.29 is 9.59 Å². The predicted octanol–water partition coefficient (Wildman–Crippen LogP) is 4.92. The molecule has 1 aliphatic rings. The zero-order chi connectivity index (χ0) is 18.6. The fraction of sp³-hybridized carbons (Fsp3) is 0.250. The van der Waals surface area contributed by atoms with Crippen LogP contribution in [-0.2, 0) is 6.42 Å². The molecule has 2 N–H and O–H groups in total. The zero-order valence-electron chi connectivity index (χ0n) is 14.4. The van der Waals surface area contributed by atoms with Crippen molar-refractivity contribution in [2.75, 3.05) is 5.73 Å². The van der Waals surface area contributed by atoms with E-state index in [1.165, 1.54) is 11.3 Å². The van der Waals surface area contributed by atoms with Gasteiger partial charge in [-0.1, -0.05) is 25.4 Å². The number of nitrogens with zero attached hydrogens (tertiary/aromatic N) is 1. The highest BCUT2D eigenvalue weighted by molar-refractivity contribution is 7.21. The number of rotatable bonds is 2. The van der Waals surface area contributed by atoms with Gasteiger partial charge in [-0.15, -0.1) is 11.3 Å². The van der Waals surface area contributed by atoms with E-state index >= 15 is 0 Å². The van der Waals surface area contributed by atoms with Crippen LogP contribution in [0.25, 0.3) is 10.2 Å². The zero-order valence-corrected chi connectivity index (χ0v) is 16.0. The van der Waals surface area contributed by atoms with Crippen molar-refractivity contribution in [3.63, 3.8) is 0 Å². The Balaban J connectivity index is 1.84. The summed E-state index contributed by atoms with van der Waals surface area (Å²) in [5.41, 5.74) is 8.49. The number of halogens is 1. The van der Waals surface area contributed by atoms with Gasteiger partial charge in [0.05, 0.1) is 11.4 Å². The molecule has 0 atom stereocenters. The quantitative estimate of drug-likeness (QED) is 0.636. The van der Waals surface area contributed by atoms with Gasteiger partial charge in [0, 0.05) is 28.0 Å². The van der Waals surface area contributed by atoms with Crippen molar-refractivity contribution in [1.82, 2.24) is 4.98 Å². The highest BCUT2D eigenvalue weighted by Gasteiger charge is 2.33. The number of hydrogen-bond acceptors (Lipinski definition) is 5. The van der Waals surface area contributed by atoms with Gasteiger partial charge in [0.25, 0.3) is 0 Å². The van der Waals surface area contributed by atoms with Crippen molar-refractivity contribution in [3.05, 3.63) is 57.1 Å². The second-order valence-electron chi connectivity index (χ2n) is 7.46. The number of ketones is 2. The summed E-state index contributed by atoms with van der Waals surface area (Å²) < 4.78 is 0. The summed E-state index contributed by atoms with van der Waals surface area (Å²) in [6.45, 7) is 4.13. The summed E-state index contributed by atoms with van der Waals surface area (Å²) in [4.78, 5) is 31.1. The van der Waals surface area contributed by atoms with Gasteiger partial charge in [0.1, 0.15) is 9.71 Å². The number of thiophene rings is 1. The van der Waals surface area contributed by atoms with Crippen LogP contribution in [0, 0.1) is 5.41 Å². The molecule has 1 aliphatic carbocycles. The van der Waals surface area contributed by atoms with Crippen molar-refractivity contribution in [1.29, 1.82) is 0 Å². The molecule has 0 aliphatic heterocycles. The Morgan fingerprint density at radius 3 is 2.62 bits per heavy atom. The molecule has 2 heterocycles. The molecule has 0 unspecified atom stereocenters. The molecule has 0 radical (unpaired) electrons. The second kappa shape index (κ2) is 5.89. The Morgan fingerprint density at radius 1 is 1.23 bits per heavy atom. The summed E-state index contributed by atoms with van der Waals surface area (Å²) in [6, 6.07) is 8.52. The predicted molar refractivity (Wildman–Crippen MR) is 105 cm³/mol. The molecular formula is C20H17ClN2O2S. The number of nitrogen functional groups attached to an aromatic ring is 1. The first-order valence-electron chi connectivity index (χ1n) is 8.30. The number of aromatic nitrogens is 1. The molecule has 3 aromatic rings. The summed E-state index contributed by atoms with van der Waals surface area (Å²) in [7, 11) is 0. The minimum Gasteiger partial charge on any atom is -0.397 e. The van der Waals surface area contributed by atoms with E-state index < -0.39 is 0 Å². The van der Waals surface area contributed by atoms with Gasteiger partial charge in [-0.25, -0.2) is 4.98 Å². The second-order valence-corrected chi connectivity index (χ2v) is 8.89. The number of pyridine rings is 1. The number of benzene rings is 1. The largest absolute Gasteiger partial charge is 0.397 e. The molecule has 0 amide bonds. The number of carbonyl (C=O) groups is 2. The van der Waals surface area contributed by atoms with Crippen LogP contribution in [0.4, 0.5) is 5.69 Å². The van der Waals surface area contributed by atoms with Gasteiger partial charge in [0.2, 0.25) is 5.78 Å². The van der Waals surface area contributed by atoms with Crippen LogP contribution in [-0.4, -0.2) is 16.6 Å². The summed E-state index contributed by atoms with van der Waals surface area (Å²) in [5.74, 6) is -0.0753. The lowest BCUT2D eigenvalue weighted by Crippen LogP contribution is -2.27. The molecule has 0 bridgehead atoms. The van der Waals surface area contributed by atoms with Gasteiger partial charge < -0.3 is 5.73 Å². The van der Waals surface area contributed by atoms with E-state index in [0.717, 1.165) is 12.1 Å². The van der Waals surface area contributed by atoms with E-state index in [4.69, 9.17) is 17.3 Å². The molecule has 6 heteroatoms. The number of Topliss-reactive ketones (excluding diaryl/α,β-unsaturated/α-hetero) is 1. The van der Waals surface area contributed by atoms with E-state index in [1.807, 2.05) is 0 Å². The average Bonchev–Trinajstić information content (AvgIpc) is 2.88. The van der Waals surface area contributed by atoms with Crippen LogP contribution in [0.15, 0.2) is 30.3 Å². The lowest BCUT2D eigenvalue weighted by Gasteiger charge is -2.29. The molecular weight excluding hydrogens is 368 g/mol. The normalized spacial score (nSPS) is 15.9. The number of fused-ring (bicyclic) bond motifs is 2. The Morgan fingerprint density at radius 2 is 1.92 bits per heavy atom. The standard InChI is InChI=1S/C20H17ClN2O2S/c1-20(2)8-14-12(15(24)9-20)7-13-16(22)18(26-19(13)23-14)17(25)10-3-5-11(21)6-4-10/h3-7H,8-9,22H2,1-2H3. The molecule has 4 rings (SSSR count). The monoisotopic (exact) mass is 384 g/mol. The van der Waals surface area contributed by atoms with Crippen LogP contribution < -0.4 is 5.73 Å². The maximum absolute atomic E-state index is 12.8. The van der Waals surface area contributed by atoms with Crippen LogP contribution in [0.5, 0.6) is 0 Å². The molecule has 2 aromatic heterocycles. The number of hydrogen-bond donors (Lipinski definition) is 1. The first-order valence-corrected chi connectivity index (χ1v) is 9.50. The molecule has 26 heavy (non-hydrogen) atoms. The maximum Gasteiger partial charge on any atom is 0.205 e. The van der Waals surface area contributed by atoms with Gasteiger partial charge in [-0.2, -0.15) is 0 Å². The van der Waals surface area contributed by atoms with E-state index in [-0.39, 0.29) is 17.0 Å². The molecule has 4 nitrogen and oxygen atoms in total. The van der Waals surface area contributed by atoms with Crippen LogP contribution in [0.1, 0.15) is 51.6 Å². The number of carbonyl (C=O) groups excluding carboxylic acids is 2. The summed E-state index contributed by atoms with van der Waals surface area (Å²) in [5, 5.41) is 1.25. The van der Waals surface area contributed by atoms with E-state index in [9.17, 15) is 9.59 Å². The topological polar surface area (TPSA) is 73.1 Å². The lowest BCUT2D eigenvalue weighted by atomic mass is 9.75. The molecule has 0 spiro atoms. The SMILES string of the molecule is CC1(C)CC(=O)c2cc3c(N)c(C(=O)c4ccc(Cl)cc4)sc3nc2C1. The summed E-state index contributed by atoms with van der Waals surface area (Å²) in [6.07, 6.45) is 1.23. The maximum atomic E-state index is 12.8. The highest BCUT2D eigenvalue weighted by atomic mass is 35.5. The van der Waals surface area contributed by atoms with E-state index in [2.05, 4.69) is 18.8 Å². The van der Waals surface area contributed by atoms with E-state index in [1.54, 1.807) is 30.3 Å². The van der Waals surface area contributed by atoms with Gasteiger partial charge in [0.15, 0.2) is 5.78 Å². The Kier molecular flexibility index (Phi) is 3.90. The Hall–Kier alpha value is -2.24. The molecule has 1 aromatic carbocycles. The molecule has 132 valence electrons. The van der Waals surface area contributed by atoms with Crippen LogP contribution >= 0.6 is 22.9 Å². The van der Waals surface area contributed by atoms with Gasteiger partial charge in [-0.05, 0) is 42.2 Å². The third-order valence-electron chi connectivity index (χ3n) is 4.70. The molecule has 0 fully saturated rings. The van der Waals surface area contributed by atoms with Gasteiger partial charge >= 0.3 is 0 Å². The Bertz CT molecular complexity index is 1070. The minimum absolute atomic E-state index is 0.0850. The van der Waals surface area contributed by atoms with Crippen molar-refractivity contribution in [2.24, 2.45) is 5.41 Å². The third-order valence-corrected chi connectivity index (χ3v) is 6.06. The first-order chi connectivity index (χ1) is 12.2. The highest BCUT2D eigenvalue weighted by Crippen LogP contribution is 2.39. The van der Waals surface area contributed by atoms with Gasteiger partial charge in [-0.3, -0.25) is 9.59 Å². The molecule has 0 saturated heterocycles. The number of anilines is 1. The van der Waals surface area contributed by atoms with Crippen LogP contribution in [0.3, 0.4) is 0 Å². The summed E-state index contributed by atoms with van der Waals surface area (Å²) >= 11 is 7.17. The average molecular weight is 385 g/mol.